The minimum atomic E-state index is -1.01. The molecule has 1 aromatic rings. The molecule has 1 heterocycles. The molecule has 2 rings (SSSR count). The average Bonchev–Trinajstić information content (AvgIpc) is 2.76. The summed E-state index contributed by atoms with van der Waals surface area (Å²) in [6, 6.07) is 3.46. The Morgan fingerprint density at radius 3 is 2.78 bits per heavy atom. The van der Waals surface area contributed by atoms with Gasteiger partial charge in [0.15, 0.2) is 17.6 Å². The summed E-state index contributed by atoms with van der Waals surface area (Å²) in [6.45, 7) is 2.21. The van der Waals surface area contributed by atoms with E-state index in [4.69, 9.17) is 19.3 Å². The van der Waals surface area contributed by atoms with Crippen LogP contribution in [0.3, 0.4) is 0 Å². The predicted octanol–water partition coefficient (Wildman–Crippen LogP) is 0.987. The topological polar surface area (TPSA) is 77.0 Å². The van der Waals surface area contributed by atoms with Gasteiger partial charge in [-0.15, -0.1) is 0 Å². The van der Waals surface area contributed by atoms with E-state index in [9.17, 15) is 4.79 Å². The summed E-state index contributed by atoms with van der Waals surface area (Å²) in [4.78, 5) is 10.8. The fraction of sp³-hybridized carbons (Fsp3) is 0.417. The summed E-state index contributed by atoms with van der Waals surface area (Å²) in [5.74, 6) is 0.699. The SMILES string of the molecule is CNCc1cc2c(cc1OC(C)C(=O)O)OCO2. The average molecular weight is 253 g/mol. The first kappa shape index (κ1) is 12.5. The second-order valence-corrected chi connectivity index (χ2v) is 3.94. The van der Waals surface area contributed by atoms with Gasteiger partial charge in [0, 0.05) is 18.2 Å². The first-order valence-electron chi connectivity index (χ1n) is 5.58. The lowest BCUT2D eigenvalue weighted by Gasteiger charge is -2.15. The van der Waals surface area contributed by atoms with Crippen LogP contribution in [0.25, 0.3) is 0 Å². The molecular weight excluding hydrogens is 238 g/mol. The summed E-state index contributed by atoms with van der Waals surface area (Å²) in [7, 11) is 1.80. The first-order valence-corrected chi connectivity index (χ1v) is 5.58. The molecule has 18 heavy (non-hydrogen) atoms. The number of aliphatic carboxylic acids is 1. The van der Waals surface area contributed by atoms with Crippen LogP contribution in [0, 0.1) is 0 Å². The van der Waals surface area contributed by atoms with Gasteiger partial charge in [-0.2, -0.15) is 0 Å². The van der Waals surface area contributed by atoms with Crippen LogP contribution in [-0.4, -0.2) is 31.0 Å². The monoisotopic (exact) mass is 253 g/mol. The number of benzene rings is 1. The highest BCUT2D eigenvalue weighted by atomic mass is 16.7. The van der Waals surface area contributed by atoms with Crippen LogP contribution in [0.2, 0.25) is 0 Å². The number of carboxylic acids is 1. The van der Waals surface area contributed by atoms with E-state index < -0.39 is 12.1 Å². The zero-order chi connectivity index (χ0) is 13.1. The van der Waals surface area contributed by atoms with Crippen molar-refractivity contribution in [2.45, 2.75) is 19.6 Å². The molecule has 0 amide bonds. The molecule has 2 N–H and O–H groups in total. The number of ether oxygens (including phenoxy) is 3. The lowest BCUT2D eigenvalue weighted by atomic mass is 10.1. The molecule has 1 atom stereocenters. The largest absolute Gasteiger partial charge is 0.479 e. The Kier molecular flexibility index (Phi) is 3.57. The molecule has 1 unspecified atom stereocenters. The third-order valence-electron chi connectivity index (χ3n) is 2.57. The number of nitrogens with one attached hydrogen (secondary N) is 1. The zero-order valence-electron chi connectivity index (χ0n) is 10.2. The highest BCUT2D eigenvalue weighted by Crippen LogP contribution is 2.38. The van der Waals surface area contributed by atoms with E-state index in [-0.39, 0.29) is 6.79 Å². The van der Waals surface area contributed by atoms with E-state index in [2.05, 4.69) is 5.32 Å². The molecule has 0 spiro atoms. The maximum Gasteiger partial charge on any atom is 0.344 e. The first-order chi connectivity index (χ1) is 8.61. The van der Waals surface area contributed by atoms with Crippen molar-refractivity contribution in [3.63, 3.8) is 0 Å². The fourth-order valence-corrected chi connectivity index (χ4v) is 1.64. The van der Waals surface area contributed by atoms with Crippen LogP contribution in [0.4, 0.5) is 0 Å². The number of fused-ring (bicyclic) bond motifs is 1. The molecule has 0 radical (unpaired) electrons. The van der Waals surface area contributed by atoms with Crippen LogP contribution in [0.5, 0.6) is 17.2 Å². The van der Waals surface area contributed by atoms with Crippen LogP contribution in [0.1, 0.15) is 12.5 Å². The summed E-state index contributed by atoms with van der Waals surface area (Å²) in [6.07, 6.45) is -0.916. The number of carbonyl (C=O) groups is 1. The van der Waals surface area contributed by atoms with Crippen molar-refractivity contribution >= 4 is 5.97 Å². The van der Waals surface area contributed by atoms with Crippen LogP contribution < -0.4 is 19.5 Å². The molecule has 0 aliphatic carbocycles. The normalized spacial score (nSPS) is 14.3. The van der Waals surface area contributed by atoms with Gasteiger partial charge in [0.25, 0.3) is 0 Å². The Morgan fingerprint density at radius 1 is 1.50 bits per heavy atom. The standard InChI is InChI=1S/C12H15NO5/c1-7(12(14)15)18-9-4-11-10(16-6-17-11)3-8(9)5-13-2/h3-4,7,13H,5-6H2,1-2H3,(H,14,15). The second-order valence-electron chi connectivity index (χ2n) is 3.94. The van der Waals surface area contributed by atoms with Gasteiger partial charge in [0.2, 0.25) is 6.79 Å². The summed E-state index contributed by atoms with van der Waals surface area (Å²) in [5.41, 5.74) is 0.829. The Bertz CT molecular complexity index is 460. The molecule has 1 aromatic carbocycles. The smallest absolute Gasteiger partial charge is 0.344 e. The van der Waals surface area contributed by atoms with Gasteiger partial charge in [-0.1, -0.05) is 0 Å². The van der Waals surface area contributed by atoms with Crippen molar-refractivity contribution in [2.24, 2.45) is 0 Å². The van der Waals surface area contributed by atoms with Crippen molar-refractivity contribution < 1.29 is 24.1 Å². The Morgan fingerprint density at radius 2 is 2.17 bits per heavy atom. The summed E-state index contributed by atoms with van der Waals surface area (Å²) >= 11 is 0. The molecule has 0 saturated heterocycles. The molecule has 98 valence electrons. The Labute approximate surface area is 104 Å². The maximum absolute atomic E-state index is 10.8. The maximum atomic E-state index is 10.8. The minimum Gasteiger partial charge on any atom is -0.479 e. The molecule has 0 aromatic heterocycles. The van der Waals surface area contributed by atoms with Crippen LogP contribution in [0.15, 0.2) is 12.1 Å². The predicted molar refractivity (Wildman–Crippen MR) is 63.1 cm³/mol. The van der Waals surface area contributed by atoms with Gasteiger partial charge in [0.05, 0.1) is 0 Å². The van der Waals surface area contributed by atoms with Gasteiger partial charge < -0.3 is 24.6 Å². The van der Waals surface area contributed by atoms with Crippen molar-refractivity contribution in [3.05, 3.63) is 17.7 Å². The second kappa shape index (κ2) is 5.14. The molecular formula is C12H15NO5. The van der Waals surface area contributed by atoms with E-state index in [1.54, 1.807) is 19.2 Å². The van der Waals surface area contributed by atoms with E-state index in [0.29, 0.717) is 23.8 Å². The molecule has 1 aliphatic rings. The number of carboxylic acid groups (broad SMARTS) is 1. The molecule has 1 aliphatic heterocycles. The van der Waals surface area contributed by atoms with Gasteiger partial charge in [-0.3, -0.25) is 0 Å². The van der Waals surface area contributed by atoms with Crippen molar-refractivity contribution in [3.8, 4) is 17.2 Å². The molecule has 0 fully saturated rings. The van der Waals surface area contributed by atoms with Gasteiger partial charge in [0.1, 0.15) is 5.75 Å². The third-order valence-corrected chi connectivity index (χ3v) is 2.57. The molecule has 0 saturated carbocycles. The summed E-state index contributed by atoms with van der Waals surface area (Å²) < 4.78 is 15.9. The highest BCUT2D eigenvalue weighted by Gasteiger charge is 2.20. The van der Waals surface area contributed by atoms with E-state index >= 15 is 0 Å². The van der Waals surface area contributed by atoms with Gasteiger partial charge in [-0.05, 0) is 20.0 Å². The summed E-state index contributed by atoms with van der Waals surface area (Å²) in [5, 5.41) is 11.9. The van der Waals surface area contributed by atoms with Gasteiger partial charge in [-0.25, -0.2) is 4.79 Å². The minimum absolute atomic E-state index is 0.173. The molecule has 6 heteroatoms. The lowest BCUT2D eigenvalue weighted by Crippen LogP contribution is -2.23. The number of rotatable bonds is 5. The lowest BCUT2D eigenvalue weighted by molar-refractivity contribution is -0.144. The van der Waals surface area contributed by atoms with Crippen molar-refractivity contribution in [1.29, 1.82) is 0 Å². The highest BCUT2D eigenvalue weighted by molar-refractivity contribution is 5.72. The van der Waals surface area contributed by atoms with Gasteiger partial charge >= 0.3 is 5.97 Å². The Balaban J connectivity index is 2.29. The van der Waals surface area contributed by atoms with Crippen LogP contribution in [-0.2, 0) is 11.3 Å². The number of hydrogen-bond donors (Lipinski definition) is 2. The van der Waals surface area contributed by atoms with Crippen LogP contribution >= 0.6 is 0 Å². The quantitative estimate of drug-likeness (QED) is 0.814. The van der Waals surface area contributed by atoms with E-state index in [1.165, 1.54) is 6.92 Å². The Hall–Kier alpha value is -1.95. The van der Waals surface area contributed by atoms with Crippen molar-refractivity contribution in [1.82, 2.24) is 5.32 Å². The van der Waals surface area contributed by atoms with E-state index in [0.717, 1.165) is 5.56 Å². The van der Waals surface area contributed by atoms with E-state index in [1.807, 2.05) is 0 Å². The third kappa shape index (κ3) is 2.48. The number of hydrogen-bond acceptors (Lipinski definition) is 5. The van der Waals surface area contributed by atoms with Crippen molar-refractivity contribution in [2.75, 3.05) is 13.8 Å². The zero-order valence-corrected chi connectivity index (χ0v) is 10.2. The molecule has 6 nitrogen and oxygen atoms in total. The molecule has 0 bridgehead atoms. The fourth-order valence-electron chi connectivity index (χ4n) is 1.64.